The quantitative estimate of drug-likeness (QED) is 0.544. The number of hydrogen-bond acceptors (Lipinski definition) is 3. The van der Waals surface area contributed by atoms with E-state index in [4.69, 9.17) is 22.7 Å². The highest BCUT2D eigenvalue weighted by Gasteiger charge is 2.20. The van der Waals surface area contributed by atoms with Crippen molar-refractivity contribution in [1.82, 2.24) is 0 Å². The van der Waals surface area contributed by atoms with E-state index in [1.54, 1.807) is 6.07 Å². The monoisotopic (exact) mass is 306 g/mol. The molecule has 0 bridgehead atoms. The van der Waals surface area contributed by atoms with E-state index in [9.17, 15) is 4.79 Å². The number of rotatable bonds is 9. The summed E-state index contributed by atoms with van der Waals surface area (Å²) in [5.74, 6) is 0.884. The number of carbonyl (C=O) groups is 1. The SMILES string of the molecule is NC(=S)c1cccc(NC(=O)CCCOCCC2CC2)c1. The van der Waals surface area contributed by atoms with Crippen molar-refractivity contribution in [3.05, 3.63) is 29.8 Å². The maximum absolute atomic E-state index is 11.8. The molecule has 0 heterocycles. The van der Waals surface area contributed by atoms with Gasteiger partial charge in [0.25, 0.3) is 0 Å². The fourth-order valence-electron chi connectivity index (χ4n) is 2.07. The van der Waals surface area contributed by atoms with Crippen molar-refractivity contribution in [1.29, 1.82) is 0 Å². The molecule has 21 heavy (non-hydrogen) atoms. The third kappa shape index (κ3) is 6.23. The van der Waals surface area contributed by atoms with Gasteiger partial charge in [-0.3, -0.25) is 4.79 Å². The van der Waals surface area contributed by atoms with Crippen LogP contribution < -0.4 is 11.1 Å². The van der Waals surface area contributed by atoms with Crippen molar-refractivity contribution in [2.24, 2.45) is 11.7 Å². The maximum atomic E-state index is 11.8. The first-order valence-electron chi connectivity index (χ1n) is 7.42. The third-order valence-electron chi connectivity index (χ3n) is 3.49. The van der Waals surface area contributed by atoms with Crippen LogP contribution in [-0.2, 0) is 9.53 Å². The number of carbonyl (C=O) groups excluding carboxylic acids is 1. The molecule has 0 aromatic heterocycles. The van der Waals surface area contributed by atoms with Gasteiger partial charge in [0, 0.05) is 30.9 Å². The molecule has 1 aromatic rings. The Hall–Kier alpha value is -1.46. The molecule has 0 aliphatic heterocycles. The summed E-state index contributed by atoms with van der Waals surface area (Å²) in [7, 11) is 0. The van der Waals surface area contributed by atoms with Crippen molar-refractivity contribution in [3.63, 3.8) is 0 Å². The minimum absolute atomic E-state index is 0.0131. The summed E-state index contributed by atoms with van der Waals surface area (Å²) in [5.41, 5.74) is 7.05. The van der Waals surface area contributed by atoms with E-state index >= 15 is 0 Å². The van der Waals surface area contributed by atoms with Gasteiger partial charge >= 0.3 is 0 Å². The number of nitrogens with one attached hydrogen (secondary N) is 1. The van der Waals surface area contributed by atoms with Crippen LogP contribution in [0.5, 0.6) is 0 Å². The molecule has 1 aliphatic carbocycles. The average molecular weight is 306 g/mol. The first kappa shape index (κ1) is 15.9. The summed E-state index contributed by atoms with van der Waals surface area (Å²) < 4.78 is 5.52. The Morgan fingerprint density at radius 1 is 1.38 bits per heavy atom. The first-order chi connectivity index (χ1) is 10.1. The summed E-state index contributed by atoms with van der Waals surface area (Å²) >= 11 is 4.92. The van der Waals surface area contributed by atoms with Gasteiger partial charge in [-0.1, -0.05) is 37.2 Å². The molecule has 0 saturated heterocycles. The number of thiocarbonyl (C=S) groups is 1. The van der Waals surface area contributed by atoms with Gasteiger partial charge < -0.3 is 15.8 Å². The van der Waals surface area contributed by atoms with Gasteiger partial charge in [0.15, 0.2) is 0 Å². The molecule has 0 unspecified atom stereocenters. The lowest BCUT2D eigenvalue weighted by Gasteiger charge is -2.07. The van der Waals surface area contributed by atoms with Gasteiger partial charge in [-0.15, -0.1) is 0 Å². The highest BCUT2D eigenvalue weighted by atomic mass is 32.1. The molecular formula is C16H22N2O2S. The predicted molar refractivity (Wildman–Crippen MR) is 88.4 cm³/mol. The Bertz CT molecular complexity index is 501. The van der Waals surface area contributed by atoms with Crippen molar-refractivity contribution < 1.29 is 9.53 Å². The molecule has 0 spiro atoms. The average Bonchev–Trinajstić information content (AvgIpc) is 3.27. The highest BCUT2D eigenvalue weighted by molar-refractivity contribution is 7.80. The number of amides is 1. The van der Waals surface area contributed by atoms with Crippen molar-refractivity contribution in [3.8, 4) is 0 Å². The van der Waals surface area contributed by atoms with E-state index < -0.39 is 0 Å². The topological polar surface area (TPSA) is 64.3 Å². The molecule has 0 atom stereocenters. The largest absolute Gasteiger partial charge is 0.389 e. The molecule has 0 radical (unpaired) electrons. The molecule has 4 nitrogen and oxygen atoms in total. The van der Waals surface area contributed by atoms with E-state index in [1.165, 1.54) is 12.8 Å². The van der Waals surface area contributed by atoms with Crippen LogP contribution in [0.4, 0.5) is 5.69 Å². The summed E-state index contributed by atoms with van der Waals surface area (Å²) in [5, 5.41) is 2.85. The Morgan fingerprint density at radius 3 is 2.90 bits per heavy atom. The summed E-state index contributed by atoms with van der Waals surface area (Å²) in [6.07, 6.45) is 5.08. The Balaban J connectivity index is 1.61. The molecule has 1 amide bonds. The zero-order valence-electron chi connectivity index (χ0n) is 12.1. The molecule has 1 fully saturated rings. The normalized spacial score (nSPS) is 13.9. The van der Waals surface area contributed by atoms with Gasteiger partial charge in [-0.2, -0.15) is 0 Å². The van der Waals surface area contributed by atoms with Crippen LogP contribution in [0.15, 0.2) is 24.3 Å². The maximum Gasteiger partial charge on any atom is 0.224 e. The second-order valence-electron chi connectivity index (χ2n) is 5.44. The van der Waals surface area contributed by atoms with Crippen molar-refractivity contribution in [2.45, 2.75) is 32.1 Å². The smallest absolute Gasteiger partial charge is 0.224 e. The molecule has 5 heteroatoms. The van der Waals surface area contributed by atoms with Crippen LogP contribution in [0.2, 0.25) is 0 Å². The third-order valence-corrected chi connectivity index (χ3v) is 3.73. The molecular weight excluding hydrogens is 284 g/mol. The standard InChI is InChI=1S/C16H22N2O2S/c17-16(21)13-3-1-4-14(11-13)18-15(19)5-2-9-20-10-8-12-6-7-12/h1,3-4,11-12H,2,5-10H2,(H2,17,21)(H,18,19). The molecule has 114 valence electrons. The first-order valence-corrected chi connectivity index (χ1v) is 7.83. The summed E-state index contributed by atoms with van der Waals surface area (Å²) in [4.78, 5) is 12.1. The van der Waals surface area contributed by atoms with Crippen LogP contribution in [0.1, 0.15) is 37.7 Å². The summed E-state index contributed by atoms with van der Waals surface area (Å²) in [6.45, 7) is 1.47. The highest BCUT2D eigenvalue weighted by Crippen LogP contribution is 2.32. The van der Waals surface area contributed by atoms with Gasteiger partial charge in [-0.05, 0) is 30.9 Å². The van der Waals surface area contributed by atoms with Crippen LogP contribution in [0, 0.1) is 5.92 Å². The second kappa shape index (κ2) is 8.10. The van der Waals surface area contributed by atoms with E-state index in [0.29, 0.717) is 18.0 Å². The Kier molecular flexibility index (Phi) is 6.14. The van der Waals surface area contributed by atoms with Gasteiger partial charge in [0.1, 0.15) is 4.99 Å². The van der Waals surface area contributed by atoms with Crippen LogP contribution >= 0.6 is 12.2 Å². The number of hydrogen-bond donors (Lipinski definition) is 2. The van der Waals surface area contributed by atoms with E-state index in [2.05, 4.69) is 5.32 Å². The van der Waals surface area contributed by atoms with Crippen LogP contribution in [0.25, 0.3) is 0 Å². The van der Waals surface area contributed by atoms with Gasteiger partial charge in [0.2, 0.25) is 5.91 Å². The van der Waals surface area contributed by atoms with Crippen LogP contribution in [0.3, 0.4) is 0 Å². The zero-order chi connectivity index (χ0) is 15.1. The van der Waals surface area contributed by atoms with E-state index in [-0.39, 0.29) is 5.91 Å². The van der Waals surface area contributed by atoms with Crippen LogP contribution in [-0.4, -0.2) is 24.1 Å². The Morgan fingerprint density at radius 2 is 2.19 bits per heavy atom. The number of benzene rings is 1. The minimum atomic E-state index is -0.0131. The number of anilines is 1. The molecule has 1 saturated carbocycles. The fraction of sp³-hybridized carbons (Fsp3) is 0.500. The molecule has 1 aromatic carbocycles. The lowest BCUT2D eigenvalue weighted by Crippen LogP contribution is -2.14. The fourth-order valence-corrected chi connectivity index (χ4v) is 2.19. The molecule has 2 rings (SSSR count). The Labute approximate surface area is 131 Å². The lowest BCUT2D eigenvalue weighted by atomic mass is 10.2. The number of ether oxygens (including phenoxy) is 1. The lowest BCUT2D eigenvalue weighted by molar-refractivity contribution is -0.116. The van der Waals surface area contributed by atoms with E-state index in [1.807, 2.05) is 18.2 Å². The van der Waals surface area contributed by atoms with E-state index in [0.717, 1.165) is 36.6 Å². The van der Waals surface area contributed by atoms with Gasteiger partial charge in [-0.25, -0.2) is 0 Å². The molecule has 1 aliphatic rings. The summed E-state index contributed by atoms with van der Waals surface area (Å²) in [6, 6.07) is 7.26. The minimum Gasteiger partial charge on any atom is -0.389 e. The zero-order valence-corrected chi connectivity index (χ0v) is 13.0. The predicted octanol–water partition coefficient (Wildman–Crippen LogP) is 2.86. The molecule has 3 N–H and O–H groups in total. The van der Waals surface area contributed by atoms with Gasteiger partial charge in [0.05, 0.1) is 0 Å². The number of nitrogens with two attached hydrogens (primary N) is 1. The van der Waals surface area contributed by atoms with Crippen molar-refractivity contribution in [2.75, 3.05) is 18.5 Å². The van der Waals surface area contributed by atoms with Crippen molar-refractivity contribution >= 4 is 28.8 Å². The second-order valence-corrected chi connectivity index (χ2v) is 5.88.